The average Bonchev–Trinajstić information content (AvgIpc) is 2.43. The van der Waals surface area contributed by atoms with Gasteiger partial charge in [0.1, 0.15) is 0 Å². The molecule has 2 nitrogen and oxygen atoms in total. The molecule has 0 aliphatic carbocycles. The standard InChI is InChI=1S/C8H6ClNOS/c9-12-6-1-2-7-5(3-6)4-8(11)10-7/h1-3H,4H2,(H,10,11). The zero-order valence-electron chi connectivity index (χ0n) is 6.13. The molecule has 0 fully saturated rings. The maximum absolute atomic E-state index is 10.9. The van der Waals surface area contributed by atoms with E-state index < -0.39 is 0 Å². The van der Waals surface area contributed by atoms with Crippen molar-refractivity contribution in [2.24, 2.45) is 0 Å². The molecule has 0 atom stereocenters. The highest BCUT2D eigenvalue weighted by atomic mass is 35.7. The van der Waals surface area contributed by atoms with Gasteiger partial charge in [0.25, 0.3) is 0 Å². The number of amides is 1. The van der Waals surface area contributed by atoms with Crippen LogP contribution in [0.2, 0.25) is 0 Å². The van der Waals surface area contributed by atoms with Gasteiger partial charge in [-0.3, -0.25) is 4.79 Å². The van der Waals surface area contributed by atoms with E-state index in [0.29, 0.717) is 6.42 Å². The molecule has 0 bridgehead atoms. The fraction of sp³-hybridized carbons (Fsp3) is 0.125. The van der Waals surface area contributed by atoms with Crippen molar-refractivity contribution in [3.05, 3.63) is 23.8 Å². The third-order valence-corrected chi connectivity index (χ3v) is 2.76. The van der Waals surface area contributed by atoms with Gasteiger partial charge in [-0.05, 0) is 45.4 Å². The predicted octanol–water partition coefficient (Wildman–Crippen LogP) is 2.43. The fourth-order valence-electron chi connectivity index (χ4n) is 1.25. The second kappa shape index (κ2) is 2.99. The molecule has 0 spiro atoms. The summed E-state index contributed by atoms with van der Waals surface area (Å²) in [4.78, 5) is 11.9. The molecule has 4 heteroatoms. The van der Waals surface area contributed by atoms with Gasteiger partial charge in [-0.2, -0.15) is 0 Å². The van der Waals surface area contributed by atoms with E-state index in [4.69, 9.17) is 10.7 Å². The van der Waals surface area contributed by atoms with Gasteiger partial charge in [-0.1, -0.05) is 0 Å². The van der Waals surface area contributed by atoms with Gasteiger partial charge in [0, 0.05) is 10.6 Å². The smallest absolute Gasteiger partial charge is 0.228 e. The molecule has 62 valence electrons. The van der Waals surface area contributed by atoms with E-state index in [2.05, 4.69) is 5.32 Å². The van der Waals surface area contributed by atoms with E-state index in [9.17, 15) is 4.79 Å². The SMILES string of the molecule is O=C1Cc2cc(SCl)ccc2N1. The zero-order chi connectivity index (χ0) is 8.55. The third-order valence-electron chi connectivity index (χ3n) is 1.79. The average molecular weight is 200 g/mol. The van der Waals surface area contributed by atoms with Crippen molar-refractivity contribution in [2.75, 3.05) is 5.32 Å². The minimum absolute atomic E-state index is 0.0572. The van der Waals surface area contributed by atoms with Crippen molar-refractivity contribution in [3.63, 3.8) is 0 Å². The summed E-state index contributed by atoms with van der Waals surface area (Å²) in [5.74, 6) is 0.0572. The number of carbonyl (C=O) groups excluding carboxylic acids is 1. The van der Waals surface area contributed by atoms with E-state index in [0.717, 1.165) is 16.1 Å². The van der Waals surface area contributed by atoms with Crippen molar-refractivity contribution >= 4 is 33.3 Å². The highest BCUT2D eigenvalue weighted by Crippen LogP contribution is 2.29. The molecule has 1 amide bonds. The van der Waals surface area contributed by atoms with Crippen molar-refractivity contribution in [1.82, 2.24) is 0 Å². The summed E-state index contributed by atoms with van der Waals surface area (Å²) in [6, 6.07) is 5.71. The quantitative estimate of drug-likeness (QED) is 0.753. The Labute approximate surface area is 78.8 Å². The highest BCUT2D eigenvalue weighted by molar-refractivity contribution is 8.21. The van der Waals surface area contributed by atoms with E-state index in [1.54, 1.807) is 0 Å². The summed E-state index contributed by atoms with van der Waals surface area (Å²) < 4.78 is 0. The number of hydrogen-bond acceptors (Lipinski definition) is 2. The first-order chi connectivity index (χ1) is 5.79. The first-order valence-corrected chi connectivity index (χ1v) is 5.15. The summed E-state index contributed by atoms with van der Waals surface area (Å²) in [6.07, 6.45) is 0.473. The summed E-state index contributed by atoms with van der Waals surface area (Å²) in [5.41, 5.74) is 1.94. The molecule has 1 N–H and O–H groups in total. The molecule has 0 saturated heterocycles. The molecule has 1 aliphatic rings. The van der Waals surface area contributed by atoms with Crippen LogP contribution in [0.3, 0.4) is 0 Å². The second-order valence-corrected chi connectivity index (χ2v) is 3.71. The van der Waals surface area contributed by atoms with E-state index in [-0.39, 0.29) is 5.91 Å². The molecule has 2 rings (SSSR count). The van der Waals surface area contributed by atoms with Crippen molar-refractivity contribution in [3.8, 4) is 0 Å². The molecule has 12 heavy (non-hydrogen) atoms. The topological polar surface area (TPSA) is 29.1 Å². The number of fused-ring (bicyclic) bond motifs is 1. The third kappa shape index (κ3) is 1.30. The number of hydrogen-bond donors (Lipinski definition) is 1. The maximum atomic E-state index is 10.9. The Hall–Kier alpha value is -0.670. The van der Waals surface area contributed by atoms with Gasteiger partial charge in [0.05, 0.1) is 6.42 Å². The van der Waals surface area contributed by atoms with Crippen LogP contribution < -0.4 is 5.32 Å². The second-order valence-electron chi connectivity index (χ2n) is 2.62. The lowest BCUT2D eigenvalue weighted by Gasteiger charge is -1.98. The summed E-state index contributed by atoms with van der Waals surface area (Å²) >= 11 is 0. The van der Waals surface area contributed by atoms with Gasteiger partial charge in [-0.25, -0.2) is 0 Å². The first-order valence-electron chi connectivity index (χ1n) is 3.51. The van der Waals surface area contributed by atoms with E-state index >= 15 is 0 Å². The molecule has 1 aromatic rings. The minimum Gasteiger partial charge on any atom is -0.326 e. The number of nitrogens with one attached hydrogen (secondary N) is 1. The monoisotopic (exact) mass is 199 g/mol. The number of anilines is 1. The molecule has 0 saturated carbocycles. The highest BCUT2D eigenvalue weighted by Gasteiger charge is 2.16. The largest absolute Gasteiger partial charge is 0.326 e. The van der Waals surface area contributed by atoms with Crippen LogP contribution in [0.15, 0.2) is 23.1 Å². The lowest BCUT2D eigenvalue weighted by Crippen LogP contribution is -2.03. The van der Waals surface area contributed by atoms with Gasteiger partial charge >= 0.3 is 0 Å². The van der Waals surface area contributed by atoms with E-state index in [1.807, 2.05) is 18.2 Å². The number of carbonyl (C=O) groups is 1. The summed E-state index contributed by atoms with van der Waals surface area (Å²) in [5, 5.41) is 2.76. The Morgan fingerprint density at radius 3 is 3.08 bits per heavy atom. The van der Waals surface area contributed by atoms with Crippen LogP contribution in [-0.4, -0.2) is 5.91 Å². The van der Waals surface area contributed by atoms with Crippen molar-refractivity contribution in [1.29, 1.82) is 0 Å². The van der Waals surface area contributed by atoms with Gasteiger partial charge in [0.2, 0.25) is 5.91 Å². The van der Waals surface area contributed by atoms with Gasteiger partial charge in [0.15, 0.2) is 0 Å². The lowest BCUT2D eigenvalue weighted by atomic mass is 10.2. The van der Waals surface area contributed by atoms with Crippen LogP contribution >= 0.6 is 21.7 Å². The molecular weight excluding hydrogens is 194 g/mol. The molecule has 0 aromatic heterocycles. The predicted molar refractivity (Wildman–Crippen MR) is 50.5 cm³/mol. The Morgan fingerprint density at radius 2 is 2.33 bits per heavy atom. The van der Waals surface area contributed by atoms with Crippen molar-refractivity contribution < 1.29 is 4.79 Å². The van der Waals surface area contributed by atoms with E-state index in [1.165, 1.54) is 11.0 Å². The molecule has 1 aromatic carbocycles. The van der Waals surface area contributed by atoms with Crippen LogP contribution in [0.25, 0.3) is 0 Å². The van der Waals surface area contributed by atoms with Crippen LogP contribution in [0, 0.1) is 0 Å². The summed E-state index contributed by atoms with van der Waals surface area (Å²) in [7, 11) is 6.75. The van der Waals surface area contributed by atoms with Gasteiger partial charge < -0.3 is 5.32 Å². The van der Waals surface area contributed by atoms with Crippen LogP contribution in [0.1, 0.15) is 5.56 Å². The van der Waals surface area contributed by atoms with Crippen LogP contribution in [-0.2, 0) is 11.2 Å². The molecule has 1 heterocycles. The lowest BCUT2D eigenvalue weighted by molar-refractivity contribution is -0.115. The Kier molecular flexibility index (Phi) is 1.98. The van der Waals surface area contributed by atoms with Crippen LogP contribution in [0.5, 0.6) is 0 Å². The van der Waals surface area contributed by atoms with Crippen molar-refractivity contribution in [2.45, 2.75) is 11.3 Å². The number of rotatable bonds is 1. The minimum atomic E-state index is 0.0572. The molecule has 0 radical (unpaired) electrons. The fourth-order valence-corrected chi connectivity index (χ4v) is 1.85. The number of halogens is 1. The number of benzene rings is 1. The maximum Gasteiger partial charge on any atom is 0.228 e. The van der Waals surface area contributed by atoms with Crippen LogP contribution in [0.4, 0.5) is 5.69 Å². The van der Waals surface area contributed by atoms with Gasteiger partial charge in [-0.15, -0.1) is 0 Å². The summed E-state index contributed by atoms with van der Waals surface area (Å²) in [6.45, 7) is 0. The first kappa shape index (κ1) is 7.95. The zero-order valence-corrected chi connectivity index (χ0v) is 7.71. The Balaban J connectivity index is 2.41. The Bertz CT molecular complexity index is 340. The normalized spacial score (nSPS) is 14.2. The molecule has 1 aliphatic heterocycles. The molecule has 0 unspecified atom stereocenters. The molecular formula is C8H6ClNOS. The Morgan fingerprint density at radius 1 is 1.50 bits per heavy atom.